The molecule has 0 bridgehead atoms. The van der Waals surface area contributed by atoms with Gasteiger partial charge in [0.1, 0.15) is 0 Å². The van der Waals surface area contributed by atoms with Crippen LogP contribution < -0.4 is 16.4 Å². The number of aliphatic carboxylic acids is 1. The number of hydrogen-bond acceptors (Lipinski definition) is 3. The van der Waals surface area contributed by atoms with Crippen molar-refractivity contribution in [1.29, 1.82) is 0 Å². The van der Waals surface area contributed by atoms with Crippen molar-refractivity contribution in [2.24, 2.45) is 11.1 Å². The fourth-order valence-corrected chi connectivity index (χ4v) is 2.40. The van der Waals surface area contributed by atoms with Gasteiger partial charge in [0.25, 0.3) is 0 Å². The van der Waals surface area contributed by atoms with E-state index in [9.17, 15) is 19.5 Å². The van der Waals surface area contributed by atoms with Gasteiger partial charge in [-0.1, -0.05) is 12.8 Å². The van der Waals surface area contributed by atoms with Gasteiger partial charge in [0.2, 0.25) is 5.91 Å². The number of amides is 3. The van der Waals surface area contributed by atoms with Gasteiger partial charge in [-0.15, -0.1) is 0 Å². The van der Waals surface area contributed by atoms with E-state index in [1.807, 2.05) is 0 Å². The summed E-state index contributed by atoms with van der Waals surface area (Å²) in [5.74, 6) is -1.36. The number of carboxylic acids is 1. The number of nitrogens with one attached hydrogen (secondary N) is 2. The summed E-state index contributed by atoms with van der Waals surface area (Å²) < 4.78 is 0. The number of primary amides is 1. The Labute approximate surface area is 111 Å². The topological polar surface area (TPSA) is 122 Å². The summed E-state index contributed by atoms with van der Waals surface area (Å²) in [6.07, 6.45) is 2.96. The van der Waals surface area contributed by atoms with Crippen molar-refractivity contribution < 1.29 is 19.5 Å². The minimum Gasteiger partial charge on any atom is -0.481 e. The van der Waals surface area contributed by atoms with Gasteiger partial charge in [0.05, 0.1) is 5.41 Å². The maximum atomic E-state index is 11.6. The largest absolute Gasteiger partial charge is 0.481 e. The molecule has 0 aliphatic heterocycles. The molecule has 1 rings (SSSR count). The zero-order chi connectivity index (χ0) is 14.5. The summed E-state index contributed by atoms with van der Waals surface area (Å²) in [6.45, 7) is 1.77. The average molecular weight is 271 g/mol. The van der Waals surface area contributed by atoms with Crippen molar-refractivity contribution in [1.82, 2.24) is 10.6 Å². The van der Waals surface area contributed by atoms with Crippen LogP contribution in [0, 0.1) is 5.41 Å². The quantitative estimate of drug-likeness (QED) is 0.551. The molecule has 0 aromatic rings. The highest BCUT2D eigenvalue weighted by Crippen LogP contribution is 2.37. The fraction of sp³-hybridized carbons (Fsp3) is 0.750. The molecular formula is C12H21N3O4. The number of carbonyl (C=O) groups is 3. The molecule has 1 aliphatic rings. The van der Waals surface area contributed by atoms with Gasteiger partial charge in [-0.3, -0.25) is 9.59 Å². The molecule has 5 N–H and O–H groups in total. The molecule has 1 aliphatic carbocycles. The average Bonchev–Trinajstić information content (AvgIpc) is 2.74. The van der Waals surface area contributed by atoms with Gasteiger partial charge >= 0.3 is 12.0 Å². The number of hydrogen-bond donors (Lipinski definition) is 4. The van der Waals surface area contributed by atoms with Crippen molar-refractivity contribution in [3.05, 3.63) is 0 Å². The molecule has 1 atom stereocenters. The Morgan fingerprint density at radius 3 is 2.37 bits per heavy atom. The van der Waals surface area contributed by atoms with Crippen LogP contribution in [0.25, 0.3) is 0 Å². The smallest absolute Gasteiger partial charge is 0.315 e. The van der Waals surface area contributed by atoms with E-state index in [-0.39, 0.29) is 19.0 Å². The van der Waals surface area contributed by atoms with E-state index in [0.29, 0.717) is 12.8 Å². The Bertz CT molecular complexity index is 364. The van der Waals surface area contributed by atoms with E-state index in [2.05, 4.69) is 10.6 Å². The van der Waals surface area contributed by atoms with E-state index in [1.165, 1.54) is 0 Å². The Hall–Kier alpha value is -1.79. The SMILES string of the molecule is CC(CC(N)=O)NC(=O)NCC1(C(=O)O)CCCC1. The predicted molar refractivity (Wildman–Crippen MR) is 68.3 cm³/mol. The van der Waals surface area contributed by atoms with Crippen molar-refractivity contribution in [2.75, 3.05) is 6.54 Å². The van der Waals surface area contributed by atoms with Crippen LogP contribution in [-0.4, -0.2) is 35.6 Å². The number of rotatable bonds is 6. The van der Waals surface area contributed by atoms with Crippen LogP contribution in [0.5, 0.6) is 0 Å². The van der Waals surface area contributed by atoms with Crippen LogP contribution in [-0.2, 0) is 9.59 Å². The van der Waals surface area contributed by atoms with Crippen LogP contribution in [0.4, 0.5) is 4.79 Å². The molecule has 1 saturated carbocycles. The molecular weight excluding hydrogens is 250 g/mol. The monoisotopic (exact) mass is 271 g/mol. The molecule has 0 radical (unpaired) electrons. The number of carboxylic acid groups (broad SMARTS) is 1. The van der Waals surface area contributed by atoms with Crippen LogP contribution in [0.1, 0.15) is 39.0 Å². The standard InChI is InChI=1S/C12H21N3O4/c1-8(6-9(13)16)15-11(19)14-7-12(10(17)18)4-2-3-5-12/h8H,2-7H2,1H3,(H2,13,16)(H,17,18)(H2,14,15,19). The highest BCUT2D eigenvalue weighted by Gasteiger charge is 2.41. The first kappa shape index (κ1) is 15.3. The third-order valence-corrected chi connectivity index (χ3v) is 3.49. The minimum absolute atomic E-state index is 0.0531. The van der Waals surface area contributed by atoms with Gasteiger partial charge in [0, 0.05) is 19.0 Å². The highest BCUT2D eigenvalue weighted by atomic mass is 16.4. The lowest BCUT2D eigenvalue weighted by Crippen LogP contribution is -2.47. The van der Waals surface area contributed by atoms with Crippen molar-refractivity contribution in [3.63, 3.8) is 0 Å². The van der Waals surface area contributed by atoms with E-state index < -0.39 is 23.3 Å². The first-order chi connectivity index (χ1) is 8.85. The van der Waals surface area contributed by atoms with E-state index in [1.54, 1.807) is 6.92 Å². The van der Waals surface area contributed by atoms with E-state index in [0.717, 1.165) is 12.8 Å². The molecule has 7 heteroatoms. The summed E-state index contributed by atoms with van der Waals surface area (Å²) in [7, 11) is 0. The van der Waals surface area contributed by atoms with Gasteiger partial charge in [-0.2, -0.15) is 0 Å². The lowest BCUT2D eigenvalue weighted by molar-refractivity contribution is -0.148. The maximum Gasteiger partial charge on any atom is 0.315 e. The molecule has 1 fully saturated rings. The summed E-state index contributed by atoms with van der Waals surface area (Å²) >= 11 is 0. The van der Waals surface area contributed by atoms with Crippen LogP contribution >= 0.6 is 0 Å². The lowest BCUT2D eigenvalue weighted by Gasteiger charge is -2.24. The summed E-state index contributed by atoms with van der Waals surface area (Å²) in [6, 6.07) is -0.844. The summed E-state index contributed by atoms with van der Waals surface area (Å²) in [5, 5.41) is 14.4. The third-order valence-electron chi connectivity index (χ3n) is 3.49. The molecule has 0 saturated heterocycles. The molecule has 19 heavy (non-hydrogen) atoms. The lowest BCUT2D eigenvalue weighted by atomic mass is 9.86. The van der Waals surface area contributed by atoms with E-state index >= 15 is 0 Å². The number of carbonyl (C=O) groups excluding carboxylic acids is 2. The zero-order valence-electron chi connectivity index (χ0n) is 11.1. The van der Waals surface area contributed by atoms with Gasteiger partial charge in [0.15, 0.2) is 0 Å². The summed E-state index contributed by atoms with van der Waals surface area (Å²) in [4.78, 5) is 33.5. The molecule has 0 aromatic carbocycles. The van der Waals surface area contributed by atoms with Gasteiger partial charge in [-0.25, -0.2) is 4.79 Å². The predicted octanol–water partition coefficient (Wildman–Crippen LogP) is 0.195. The molecule has 0 heterocycles. The van der Waals surface area contributed by atoms with Crippen molar-refractivity contribution >= 4 is 17.9 Å². The second-order valence-electron chi connectivity index (χ2n) is 5.19. The maximum absolute atomic E-state index is 11.6. The Balaban J connectivity index is 2.40. The van der Waals surface area contributed by atoms with Crippen LogP contribution in [0.3, 0.4) is 0 Å². The second-order valence-corrected chi connectivity index (χ2v) is 5.19. The Kier molecular flexibility index (Phi) is 5.14. The third kappa shape index (κ3) is 4.42. The molecule has 1 unspecified atom stereocenters. The zero-order valence-corrected chi connectivity index (χ0v) is 11.1. The fourth-order valence-electron chi connectivity index (χ4n) is 2.40. The molecule has 0 aromatic heterocycles. The highest BCUT2D eigenvalue weighted by molar-refractivity contribution is 5.79. The molecule has 108 valence electrons. The van der Waals surface area contributed by atoms with Crippen molar-refractivity contribution in [3.8, 4) is 0 Å². The molecule has 0 spiro atoms. The van der Waals surface area contributed by atoms with E-state index in [4.69, 9.17) is 5.73 Å². The first-order valence-electron chi connectivity index (χ1n) is 6.42. The normalized spacial score (nSPS) is 18.6. The second kappa shape index (κ2) is 6.40. The minimum atomic E-state index is -0.865. The number of urea groups is 1. The first-order valence-corrected chi connectivity index (χ1v) is 6.42. The molecule has 7 nitrogen and oxygen atoms in total. The van der Waals surface area contributed by atoms with Crippen LogP contribution in [0.2, 0.25) is 0 Å². The Morgan fingerprint density at radius 1 is 1.32 bits per heavy atom. The van der Waals surface area contributed by atoms with Gasteiger partial charge < -0.3 is 21.5 Å². The Morgan fingerprint density at radius 2 is 1.89 bits per heavy atom. The summed E-state index contributed by atoms with van der Waals surface area (Å²) in [5.41, 5.74) is 4.17. The molecule has 3 amide bonds. The van der Waals surface area contributed by atoms with Crippen molar-refractivity contribution in [2.45, 2.75) is 45.1 Å². The van der Waals surface area contributed by atoms with Gasteiger partial charge in [-0.05, 0) is 19.8 Å². The number of nitrogens with two attached hydrogens (primary N) is 1. The van der Waals surface area contributed by atoms with Crippen LogP contribution in [0.15, 0.2) is 0 Å².